The van der Waals surface area contributed by atoms with Gasteiger partial charge in [0.1, 0.15) is 0 Å². The molecule has 6 nitrogen and oxygen atoms in total. The van der Waals surface area contributed by atoms with Crippen LogP contribution in [0.4, 0.5) is 5.69 Å². The fraction of sp³-hybridized carbons (Fsp3) is 0.182. The summed E-state index contributed by atoms with van der Waals surface area (Å²) in [5, 5.41) is 11.1. The molecule has 18 heavy (non-hydrogen) atoms. The highest BCUT2D eigenvalue weighted by atomic mass is 32.2. The predicted octanol–water partition coefficient (Wildman–Crippen LogP) is 1.26. The molecule has 1 heterocycles. The van der Waals surface area contributed by atoms with Crippen molar-refractivity contribution in [2.75, 3.05) is 11.1 Å². The fourth-order valence-corrected chi connectivity index (χ4v) is 1.75. The van der Waals surface area contributed by atoms with Crippen molar-refractivity contribution in [3.63, 3.8) is 0 Å². The first-order valence-corrected chi connectivity index (χ1v) is 6.25. The van der Waals surface area contributed by atoms with Crippen LogP contribution in [0.5, 0.6) is 0 Å². The number of nitrogens with two attached hydrogens (primary N) is 1. The Kier molecular flexibility index (Phi) is 4.19. The number of nitrogens with zero attached hydrogens (tertiary/aromatic N) is 2. The molecule has 7 heteroatoms. The topological polar surface area (TPSA) is 94.0 Å². The zero-order valence-electron chi connectivity index (χ0n) is 9.50. The normalized spacial score (nSPS) is 10.2. The molecule has 0 spiro atoms. The van der Waals surface area contributed by atoms with Crippen molar-refractivity contribution in [1.82, 2.24) is 10.2 Å². The number of nitrogens with one attached hydrogen (secondary N) is 1. The molecule has 0 saturated heterocycles. The van der Waals surface area contributed by atoms with Crippen molar-refractivity contribution in [2.45, 2.75) is 11.8 Å². The van der Waals surface area contributed by atoms with Gasteiger partial charge >= 0.3 is 0 Å². The van der Waals surface area contributed by atoms with Crippen LogP contribution in [0.25, 0.3) is 0 Å². The number of rotatable bonds is 6. The van der Waals surface area contributed by atoms with Crippen LogP contribution in [0.15, 0.2) is 40.0 Å². The maximum absolute atomic E-state index is 10.6. The lowest BCUT2D eigenvalue weighted by atomic mass is 10.3. The van der Waals surface area contributed by atoms with E-state index in [4.69, 9.17) is 10.2 Å². The van der Waals surface area contributed by atoms with E-state index in [-0.39, 0.29) is 5.75 Å². The quantitative estimate of drug-likeness (QED) is 0.763. The third kappa shape index (κ3) is 3.77. The molecule has 2 rings (SSSR count). The summed E-state index contributed by atoms with van der Waals surface area (Å²) in [6.07, 6.45) is 0. The first kappa shape index (κ1) is 12.4. The number of aromatic nitrogens is 2. The molecule has 0 radical (unpaired) electrons. The van der Waals surface area contributed by atoms with Crippen LogP contribution in [0.3, 0.4) is 0 Å². The minimum absolute atomic E-state index is 0.133. The Morgan fingerprint density at radius 1 is 1.33 bits per heavy atom. The van der Waals surface area contributed by atoms with Gasteiger partial charge in [-0.05, 0) is 12.1 Å². The van der Waals surface area contributed by atoms with E-state index in [0.717, 1.165) is 17.4 Å². The number of hydrogen-bond donors (Lipinski definition) is 2. The number of thioether (sulfide) groups is 1. The van der Waals surface area contributed by atoms with Gasteiger partial charge in [-0.15, -0.1) is 10.2 Å². The van der Waals surface area contributed by atoms with Crippen molar-refractivity contribution < 1.29 is 9.21 Å². The largest absolute Gasteiger partial charge is 0.414 e. The maximum Gasteiger partial charge on any atom is 0.277 e. The Morgan fingerprint density at radius 2 is 2.11 bits per heavy atom. The fourth-order valence-electron chi connectivity index (χ4n) is 1.23. The zero-order chi connectivity index (χ0) is 12.8. The molecule has 0 fully saturated rings. The molecule has 0 saturated carbocycles. The lowest BCUT2D eigenvalue weighted by Gasteiger charge is -2.01. The molecule has 0 aliphatic carbocycles. The highest BCUT2D eigenvalue weighted by Gasteiger charge is 2.07. The second kappa shape index (κ2) is 6.06. The third-order valence-corrected chi connectivity index (χ3v) is 2.84. The van der Waals surface area contributed by atoms with Crippen molar-refractivity contribution in [1.29, 1.82) is 0 Å². The van der Waals surface area contributed by atoms with Crippen molar-refractivity contribution in [3.05, 3.63) is 36.2 Å². The Labute approximate surface area is 108 Å². The molecule has 2 aromatic rings. The van der Waals surface area contributed by atoms with E-state index < -0.39 is 5.91 Å². The number of para-hydroxylation sites is 1. The Hall–Kier alpha value is -2.02. The molecule has 1 amide bonds. The molecule has 0 aliphatic heterocycles. The number of carbonyl (C=O) groups is 1. The van der Waals surface area contributed by atoms with Gasteiger partial charge in [0.25, 0.3) is 5.22 Å². The van der Waals surface area contributed by atoms with E-state index in [1.54, 1.807) is 0 Å². The van der Waals surface area contributed by atoms with Crippen molar-refractivity contribution in [3.8, 4) is 0 Å². The molecule has 0 aliphatic rings. The number of anilines is 1. The van der Waals surface area contributed by atoms with Crippen LogP contribution >= 0.6 is 11.8 Å². The monoisotopic (exact) mass is 264 g/mol. The summed E-state index contributed by atoms with van der Waals surface area (Å²) in [5.41, 5.74) is 5.99. The van der Waals surface area contributed by atoms with E-state index in [0.29, 0.717) is 17.7 Å². The third-order valence-electron chi connectivity index (χ3n) is 2.00. The van der Waals surface area contributed by atoms with E-state index in [1.807, 2.05) is 30.3 Å². The SMILES string of the molecule is NC(=O)CSc1nnc(CNc2ccccc2)o1. The Balaban J connectivity index is 1.85. The second-order valence-electron chi connectivity index (χ2n) is 3.44. The van der Waals surface area contributed by atoms with Crippen LogP contribution in [-0.4, -0.2) is 21.9 Å². The molecule has 1 aromatic carbocycles. The van der Waals surface area contributed by atoms with Gasteiger partial charge < -0.3 is 15.5 Å². The molecular formula is C11H12N4O2S. The average Bonchev–Trinajstić information content (AvgIpc) is 2.83. The summed E-state index contributed by atoms with van der Waals surface area (Å²) in [6, 6.07) is 9.70. The van der Waals surface area contributed by atoms with Crippen LogP contribution in [0.1, 0.15) is 5.89 Å². The van der Waals surface area contributed by atoms with Crippen molar-refractivity contribution >= 4 is 23.4 Å². The number of primary amides is 1. The predicted molar refractivity (Wildman–Crippen MR) is 68.0 cm³/mol. The van der Waals surface area contributed by atoms with E-state index >= 15 is 0 Å². The molecular weight excluding hydrogens is 252 g/mol. The van der Waals surface area contributed by atoms with Crippen LogP contribution in [-0.2, 0) is 11.3 Å². The number of hydrogen-bond acceptors (Lipinski definition) is 6. The molecule has 0 bridgehead atoms. The van der Waals surface area contributed by atoms with E-state index in [9.17, 15) is 4.79 Å². The Morgan fingerprint density at radius 3 is 2.83 bits per heavy atom. The lowest BCUT2D eigenvalue weighted by molar-refractivity contribution is -0.115. The van der Waals surface area contributed by atoms with Gasteiger partial charge in [0.2, 0.25) is 11.8 Å². The minimum atomic E-state index is -0.415. The first-order valence-electron chi connectivity index (χ1n) is 5.26. The van der Waals surface area contributed by atoms with Crippen LogP contribution in [0.2, 0.25) is 0 Å². The highest BCUT2D eigenvalue weighted by Crippen LogP contribution is 2.16. The second-order valence-corrected chi connectivity index (χ2v) is 4.36. The summed E-state index contributed by atoms with van der Waals surface area (Å²) in [5.74, 6) is 0.182. The lowest BCUT2D eigenvalue weighted by Crippen LogP contribution is -2.12. The minimum Gasteiger partial charge on any atom is -0.414 e. The number of carbonyl (C=O) groups excluding carboxylic acids is 1. The molecule has 1 aromatic heterocycles. The average molecular weight is 264 g/mol. The van der Waals surface area contributed by atoms with Crippen molar-refractivity contribution in [2.24, 2.45) is 5.73 Å². The summed E-state index contributed by atoms with van der Waals surface area (Å²) in [6.45, 7) is 0.439. The first-order chi connectivity index (χ1) is 8.74. The van der Waals surface area contributed by atoms with Gasteiger partial charge in [0.05, 0.1) is 12.3 Å². The molecule has 3 N–H and O–H groups in total. The van der Waals surface area contributed by atoms with Gasteiger partial charge in [-0.25, -0.2) is 0 Å². The van der Waals surface area contributed by atoms with E-state index in [2.05, 4.69) is 15.5 Å². The standard InChI is InChI=1S/C11H12N4O2S/c12-9(16)7-18-11-15-14-10(17-11)6-13-8-4-2-1-3-5-8/h1-5,13H,6-7H2,(H2,12,16). The summed E-state index contributed by atoms with van der Waals surface area (Å²) < 4.78 is 5.33. The summed E-state index contributed by atoms with van der Waals surface area (Å²) in [4.78, 5) is 10.6. The summed E-state index contributed by atoms with van der Waals surface area (Å²) in [7, 11) is 0. The van der Waals surface area contributed by atoms with Crippen LogP contribution in [0, 0.1) is 0 Å². The molecule has 0 atom stereocenters. The highest BCUT2D eigenvalue weighted by molar-refractivity contribution is 7.99. The van der Waals surface area contributed by atoms with Crippen LogP contribution < -0.4 is 11.1 Å². The molecule has 0 unspecified atom stereocenters. The molecule has 94 valence electrons. The van der Waals surface area contributed by atoms with E-state index in [1.165, 1.54) is 0 Å². The number of benzene rings is 1. The van der Waals surface area contributed by atoms with Gasteiger partial charge in [-0.1, -0.05) is 30.0 Å². The smallest absolute Gasteiger partial charge is 0.277 e. The van der Waals surface area contributed by atoms with Gasteiger partial charge in [0, 0.05) is 5.69 Å². The van der Waals surface area contributed by atoms with Gasteiger partial charge in [0.15, 0.2) is 0 Å². The van der Waals surface area contributed by atoms with Gasteiger partial charge in [-0.3, -0.25) is 4.79 Å². The zero-order valence-corrected chi connectivity index (χ0v) is 10.3. The number of amides is 1. The summed E-state index contributed by atoms with van der Waals surface area (Å²) >= 11 is 1.13. The van der Waals surface area contributed by atoms with Gasteiger partial charge in [-0.2, -0.15) is 0 Å². The maximum atomic E-state index is 10.6. The Bertz CT molecular complexity index is 515.